The van der Waals surface area contributed by atoms with Gasteiger partial charge in [-0.1, -0.05) is 0 Å². The summed E-state index contributed by atoms with van der Waals surface area (Å²) < 4.78 is 5.14. The van der Waals surface area contributed by atoms with Crippen LogP contribution in [0, 0.1) is 29.6 Å². The highest BCUT2D eigenvalue weighted by atomic mass is 16.5. The van der Waals surface area contributed by atoms with E-state index in [-0.39, 0.29) is 17.8 Å². The van der Waals surface area contributed by atoms with Crippen LogP contribution in [0.3, 0.4) is 0 Å². The zero-order valence-corrected chi connectivity index (χ0v) is 12.6. The van der Waals surface area contributed by atoms with Crippen molar-refractivity contribution in [1.29, 1.82) is 0 Å². The van der Waals surface area contributed by atoms with Gasteiger partial charge in [-0.25, -0.2) is 4.79 Å². The van der Waals surface area contributed by atoms with Crippen LogP contribution in [-0.2, 0) is 14.3 Å². The number of esters is 1. The van der Waals surface area contributed by atoms with Gasteiger partial charge in [0, 0.05) is 25.6 Å². The van der Waals surface area contributed by atoms with Gasteiger partial charge in [0.2, 0.25) is 5.91 Å². The van der Waals surface area contributed by atoms with Gasteiger partial charge >= 0.3 is 5.97 Å². The average molecular weight is 292 g/mol. The Bertz CT molecular complexity index is 450. The Labute approximate surface area is 125 Å². The first kappa shape index (κ1) is 13.6. The van der Waals surface area contributed by atoms with Gasteiger partial charge in [0.05, 0.1) is 6.61 Å². The number of nitrogens with one attached hydrogen (secondary N) is 1. The van der Waals surface area contributed by atoms with Crippen molar-refractivity contribution >= 4 is 11.9 Å². The number of amides is 1. The smallest absolute Gasteiger partial charge is 0.330 e. The summed E-state index contributed by atoms with van der Waals surface area (Å²) in [6.07, 6.45) is 3.99. The Morgan fingerprint density at radius 1 is 1.24 bits per heavy atom. The van der Waals surface area contributed by atoms with Crippen LogP contribution in [0.2, 0.25) is 0 Å². The van der Waals surface area contributed by atoms with Crippen LogP contribution in [0.4, 0.5) is 0 Å². The van der Waals surface area contributed by atoms with Crippen molar-refractivity contribution in [2.24, 2.45) is 29.6 Å². The number of hydrogen-bond acceptors (Lipinski definition) is 4. The quantitative estimate of drug-likeness (QED) is 0.776. The summed E-state index contributed by atoms with van der Waals surface area (Å²) in [6.45, 7) is 4.11. The van der Waals surface area contributed by atoms with Gasteiger partial charge in [0.15, 0.2) is 0 Å². The Morgan fingerprint density at radius 3 is 2.62 bits per heavy atom. The third kappa shape index (κ3) is 2.00. The monoisotopic (exact) mass is 292 g/mol. The summed E-state index contributed by atoms with van der Waals surface area (Å²) in [5.74, 6) is 3.03. The van der Waals surface area contributed by atoms with Gasteiger partial charge in [-0.05, 0) is 49.9 Å². The molecule has 4 fully saturated rings. The molecule has 3 saturated carbocycles. The first-order valence-corrected chi connectivity index (χ1v) is 8.40. The Hall–Kier alpha value is -1.10. The molecule has 1 saturated heterocycles. The molecule has 0 aromatic carbocycles. The minimum atomic E-state index is -0.426. The average Bonchev–Trinajstić information content (AvgIpc) is 2.94. The molecule has 0 radical (unpaired) electrons. The maximum Gasteiger partial charge on any atom is 0.330 e. The highest BCUT2D eigenvalue weighted by molar-refractivity contribution is 5.88. The van der Waals surface area contributed by atoms with E-state index in [0.717, 1.165) is 18.4 Å². The number of rotatable bonds is 3. The Kier molecular flexibility index (Phi) is 3.21. The van der Waals surface area contributed by atoms with Crippen LogP contribution in [-0.4, -0.2) is 49.1 Å². The van der Waals surface area contributed by atoms with E-state index in [4.69, 9.17) is 4.74 Å². The zero-order valence-electron chi connectivity index (χ0n) is 12.6. The lowest BCUT2D eigenvalue weighted by atomic mass is 10.0. The molecule has 1 amide bonds. The SMILES string of the molecule is CCOC(=O)C1CNCCN1C(=O)C1C2C3CCC(C3)C12. The minimum Gasteiger partial charge on any atom is -0.464 e. The third-order valence-corrected chi connectivity index (χ3v) is 6.11. The maximum atomic E-state index is 12.9. The lowest BCUT2D eigenvalue weighted by Crippen LogP contribution is -2.58. The zero-order chi connectivity index (χ0) is 14.6. The second-order valence-corrected chi connectivity index (χ2v) is 7.02. The molecule has 1 N–H and O–H groups in total. The summed E-state index contributed by atoms with van der Waals surface area (Å²) in [5.41, 5.74) is 0. The fourth-order valence-electron chi connectivity index (χ4n) is 5.26. The molecule has 3 aliphatic carbocycles. The normalized spacial score (nSPS) is 43.6. The van der Waals surface area contributed by atoms with Gasteiger partial charge < -0.3 is 15.0 Å². The van der Waals surface area contributed by atoms with Crippen molar-refractivity contribution in [1.82, 2.24) is 10.2 Å². The van der Waals surface area contributed by atoms with Crippen LogP contribution >= 0.6 is 0 Å². The molecule has 21 heavy (non-hydrogen) atoms. The van der Waals surface area contributed by atoms with Crippen LogP contribution in [0.15, 0.2) is 0 Å². The molecule has 4 rings (SSSR count). The van der Waals surface area contributed by atoms with Crippen molar-refractivity contribution in [3.63, 3.8) is 0 Å². The van der Waals surface area contributed by atoms with Gasteiger partial charge in [0.1, 0.15) is 6.04 Å². The maximum absolute atomic E-state index is 12.9. The fraction of sp³-hybridized carbons (Fsp3) is 0.875. The summed E-state index contributed by atoms with van der Waals surface area (Å²) in [6, 6.07) is -0.426. The Morgan fingerprint density at radius 2 is 1.95 bits per heavy atom. The molecule has 5 unspecified atom stereocenters. The van der Waals surface area contributed by atoms with Gasteiger partial charge in [-0.3, -0.25) is 4.79 Å². The van der Waals surface area contributed by atoms with Crippen molar-refractivity contribution in [2.45, 2.75) is 32.2 Å². The molecule has 0 aromatic rings. The van der Waals surface area contributed by atoms with E-state index in [1.807, 2.05) is 6.92 Å². The molecule has 5 nitrogen and oxygen atoms in total. The number of nitrogens with zero attached hydrogens (tertiary/aromatic N) is 1. The minimum absolute atomic E-state index is 0.214. The van der Waals surface area contributed by atoms with Crippen molar-refractivity contribution < 1.29 is 14.3 Å². The van der Waals surface area contributed by atoms with E-state index in [1.54, 1.807) is 4.90 Å². The molecule has 0 spiro atoms. The molecule has 2 bridgehead atoms. The molecule has 1 heterocycles. The summed E-state index contributed by atoms with van der Waals surface area (Å²) in [5, 5.41) is 3.20. The van der Waals surface area contributed by atoms with E-state index < -0.39 is 6.04 Å². The van der Waals surface area contributed by atoms with E-state index >= 15 is 0 Å². The second-order valence-electron chi connectivity index (χ2n) is 7.02. The van der Waals surface area contributed by atoms with E-state index in [1.165, 1.54) is 19.3 Å². The van der Waals surface area contributed by atoms with Gasteiger partial charge in [0.25, 0.3) is 0 Å². The first-order chi connectivity index (χ1) is 10.2. The number of ether oxygens (including phenoxy) is 1. The number of fused-ring (bicyclic) bond motifs is 5. The predicted octanol–water partition coefficient (Wildman–Crippen LogP) is 0.642. The number of piperazine rings is 1. The molecule has 1 aliphatic heterocycles. The molecule has 5 atom stereocenters. The fourth-order valence-corrected chi connectivity index (χ4v) is 5.26. The lowest BCUT2D eigenvalue weighted by molar-refractivity contribution is -0.156. The Balaban J connectivity index is 1.47. The topological polar surface area (TPSA) is 58.6 Å². The number of carbonyl (C=O) groups is 2. The van der Waals surface area contributed by atoms with E-state index in [2.05, 4.69) is 5.32 Å². The standard InChI is InChI=1S/C16H24N2O3/c1-2-21-16(20)11-8-17-5-6-18(11)15(19)14-12-9-3-4-10(7-9)13(12)14/h9-14,17H,2-8H2,1H3. The number of carbonyl (C=O) groups excluding carboxylic acids is 2. The predicted molar refractivity (Wildman–Crippen MR) is 76.3 cm³/mol. The summed E-state index contributed by atoms with van der Waals surface area (Å²) in [4.78, 5) is 26.8. The van der Waals surface area contributed by atoms with Gasteiger partial charge in [-0.2, -0.15) is 0 Å². The molecule has 0 aromatic heterocycles. The molecular formula is C16H24N2O3. The second kappa shape index (κ2) is 4.97. The molecular weight excluding hydrogens is 268 g/mol. The lowest BCUT2D eigenvalue weighted by Gasteiger charge is -2.35. The summed E-state index contributed by atoms with van der Waals surface area (Å²) in [7, 11) is 0. The highest BCUT2D eigenvalue weighted by Gasteiger charge is 2.68. The van der Waals surface area contributed by atoms with Crippen LogP contribution in [0.25, 0.3) is 0 Å². The van der Waals surface area contributed by atoms with Crippen LogP contribution in [0.1, 0.15) is 26.2 Å². The van der Waals surface area contributed by atoms with Crippen LogP contribution < -0.4 is 5.32 Å². The first-order valence-electron chi connectivity index (χ1n) is 8.40. The third-order valence-electron chi connectivity index (χ3n) is 6.11. The van der Waals surface area contributed by atoms with Crippen molar-refractivity contribution in [2.75, 3.05) is 26.2 Å². The highest BCUT2D eigenvalue weighted by Crippen LogP contribution is 2.69. The largest absolute Gasteiger partial charge is 0.464 e. The molecule has 4 aliphatic rings. The van der Waals surface area contributed by atoms with Crippen LogP contribution in [0.5, 0.6) is 0 Å². The van der Waals surface area contributed by atoms with E-state index in [9.17, 15) is 9.59 Å². The molecule has 116 valence electrons. The molecule has 5 heteroatoms. The van der Waals surface area contributed by atoms with Gasteiger partial charge in [-0.15, -0.1) is 0 Å². The van der Waals surface area contributed by atoms with Crippen molar-refractivity contribution in [3.05, 3.63) is 0 Å². The van der Waals surface area contributed by atoms with E-state index in [0.29, 0.717) is 31.5 Å². The number of hydrogen-bond donors (Lipinski definition) is 1. The summed E-state index contributed by atoms with van der Waals surface area (Å²) >= 11 is 0. The van der Waals surface area contributed by atoms with Crippen molar-refractivity contribution in [3.8, 4) is 0 Å².